The normalized spacial score (nSPS) is 25.9. The third kappa shape index (κ3) is 9.10. The fourth-order valence-corrected chi connectivity index (χ4v) is 7.99. The molecule has 2 aromatic carbocycles. The van der Waals surface area contributed by atoms with Crippen molar-refractivity contribution in [3.05, 3.63) is 64.4 Å². The van der Waals surface area contributed by atoms with Crippen LogP contribution in [0.5, 0.6) is 0 Å². The van der Waals surface area contributed by atoms with Crippen LogP contribution in [0, 0.1) is 11.7 Å². The number of carbonyl (C=O) groups excluding carboxylic acids is 2. The van der Waals surface area contributed by atoms with E-state index in [4.69, 9.17) is 25.6 Å². The van der Waals surface area contributed by atoms with Gasteiger partial charge in [0, 0.05) is 79.4 Å². The van der Waals surface area contributed by atoms with E-state index in [2.05, 4.69) is 15.5 Å². The fraction of sp³-hybridized carbons (Fsp3) is 0.588. The molecule has 0 bridgehead atoms. The first-order chi connectivity index (χ1) is 22.7. The van der Waals surface area contributed by atoms with Gasteiger partial charge in [0.15, 0.2) is 11.1 Å². The number of halogens is 2. The number of likely N-dealkylation sites (N-methyl/N-ethyl adjacent to an activating group) is 1. The minimum atomic E-state index is -1.77. The summed E-state index contributed by atoms with van der Waals surface area (Å²) in [4.78, 5) is 31.1. The summed E-state index contributed by atoms with van der Waals surface area (Å²) >= 11 is 4.46. The van der Waals surface area contributed by atoms with Gasteiger partial charge in [-0.25, -0.2) is 13.4 Å². The van der Waals surface area contributed by atoms with E-state index in [9.17, 15) is 13.8 Å². The SMILES string of the molecule is COC(=O)N(C)C(C(=O)Nc1cccc(F)c1CCC1NCC(CCCS(=O)O)N2CC12)C(c1ccc(Cl)cc1)C1CCCOCC1. The third-order valence-corrected chi connectivity index (χ3v) is 10.8. The Morgan fingerprint density at radius 2 is 2.00 bits per heavy atom. The molecule has 0 spiro atoms. The van der Waals surface area contributed by atoms with Crippen molar-refractivity contribution in [2.75, 3.05) is 51.5 Å². The number of nitrogens with zero attached hydrogens (tertiary/aromatic N) is 2. The van der Waals surface area contributed by atoms with Crippen LogP contribution in [-0.2, 0) is 31.8 Å². The average molecular weight is 693 g/mol. The molecule has 0 saturated carbocycles. The molecule has 0 radical (unpaired) electrons. The number of methoxy groups -OCH3 is 1. The molecule has 13 heteroatoms. The summed E-state index contributed by atoms with van der Waals surface area (Å²) in [5.41, 5.74) is 1.68. The quantitative estimate of drug-likeness (QED) is 0.197. The van der Waals surface area contributed by atoms with Crippen molar-refractivity contribution in [1.29, 1.82) is 0 Å². The van der Waals surface area contributed by atoms with Gasteiger partial charge in [-0.15, -0.1) is 0 Å². The topological polar surface area (TPSA) is 120 Å². The zero-order chi connectivity index (χ0) is 33.5. The number of ether oxygens (including phenoxy) is 2. The highest BCUT2D eigenvalue weighted by Crippen LogP contribution is 2.39. The van der Waals surface area contributed by atoms with Crippen molar-refractivity contribution in [1.82, 2.24) is 15.1 Å². The fourth-order valence-electron chi connectivity index (χ4n) is 7.45. The molecule has 3 N–H and O–H groups in total. The number of hydrogen-bond acceptors (Lipinski definition) is 7. The third-order valence-electron chi connectivity index (χ3n) is 9.93. The molecule has 2 aromatic rings. The Hall–Kier alpha value is -2.61. The summed E-state index contributed by atoms with van der Waals surface area (Å²) in [6, 6.07) is 12.0. The Morgan fingerprint density at radius 1 is 1.21 bits per heavy atom. The summed E-state index contributed by atoms with van der Waals surface area (Å²) in [7, 11) is 2.85. The summed E-state index contributed by atoms with van der Waals surface area (Å²) < 4.78 is 46.4. The van der Waals surface area contributed by atoms with Crippen LogP contribution in [0.1, 0.15) is 55.6 Å². The number of piperazine rings is 1. The molecule has 0 aliphatic carbocycles. The number of amides is 2. The highest BCUT2D eigenvalue weighted by atomic mass is 35.5. The Balaban J connectivity index is 1.34. The predicted octanol–water partition coefficient (Wildman–Crippen LogP) is 5.04. The van der Waals surface area contributed by atoms with E-state index >= 15 is 4.39 Å². The van der Waals surface area contributed by atoms with Crippen LogP contribution in [0.25, 0.3) is 0 Å². The lowest BCUT2D eigenvalue weighted by atomic mass is 9.76. The summed E-state index contributed by atoms with van der Waals surface area (Å²) in [6.07, 6.45) is 4.36. The van der Waals surface area contributed by atoms with Crippen molar-refractivity contribution in [2.24, 2.45) is 5.92 Å². The van der Waals surface area contributed by atoms with Crippen LogP contribution < -0.4 is 10.6 Å². The molecule has 8 atom stereocenters. The maximum Gasteiger partial charge on any atom is 0.409 e. The van der Waals surface area contributed by atoms with Crippen molar-refractivity contribution in [3.8, 4) is 0 Å². The van der Waals surface area contributed by atoms with Gasteiger partial charge < -0.3 is 24.7 Å². The molecule has 2 amide bonds. The Labute approximate surface area is 284 Å². The predicted molar refractivity (Wildman–Crippen MR) is 181 cm³/mol. The molecule has 8 unspecified atom stereocenters. The molecule has 47 heavy (non-hydrogen) atoms. The maximum atomic E-state index is 15.4. The maximum absolute atomic E-state index is 15.4. The lowest BCUT2D eigenvalue weighted by Crippen LogP contribution is -2.50. The average Bonchev–Trinajstić information content (AvgIpc) is 3.89. The highest BCUT2D eigenvalue weighted by molar-refractivity contribution is 7.79. The van der Waals surface area contributed by atoms with Gasteiger partial charge in [-0.1, -0.05) is 29.8 Å². The molecule has 3 fully saturated rings. The second-order valence-electron chi connectivity index (χ2n) is 12.8. The summed E-state index contributed by atoms with van der Waals surface area (Å²) in [5, 5.41) is 7.20. The highest BCUT2D eigenvalue weighted by Gasteiger charge is 2.47. The van der Waals surface area contributed by atoms with E-state index in [-0.39, 0.29) is 17.7 Å². The van der Waals surface area contributed by atoms with Crippen molar-refractivity contribution < 1.29 is 32.2 Å². The summed E-state index contributed by atoms with van der Waals surface area (Å²) in [5.74, 6) is -0.902. The van der Waals surface area contributed by atoms with Gasteiger partial charge in [0.05, 0.1) is 7.11 Å². The molecule has 0 aromatic heterocycles. The number of hydrogen-bond donors (Lipinski definition) is 3. The van der Waals surface area contributed by atoms with E-state index in [0.29, 0.717) is 67.3 Å². The van der Waals surface area contributed by atoms with Crippen molar-refractivity contribution in [3.63, 3.8) is 0 Å². The van der Waals surface area contributed by atoms with Gasteiger partial charge in [-0.2, -0.15) is 0 Å². The first-order valence-electron chi connectivity index (χ1n) is 16.5. The monoisotopic (exact) mass is 692 g/mol. The van der Waals surface area contributed by atoms with Gasteiger partial charge in [-0.05, 0) is 80.7 Å². The second kappa shape index (κ2) is 16.7. The number of nitrogens with one attached hydrogen (secondary N) is 2. The first kappa shape index (κ1) is 35.7. The molecule has 3 saturated heterocycles. The lowest BCUT2D eigenvalue weighted by Gasteiger charge is -2.37. The van der Waals surface area contributed by atoms with E-state index < -0.39 is 40.9 Å². The van der Waals surface area contributed by atoms with Crippen molar-refractivity contribution >= 4 is 40.4 Å². The molecular formula is C34H46ClFN4O6S. The lowest BCUT2D eigenvalue weighted by molar-refractivity contribution is -0.121. The minimum Gasteiger partial charge on any atom is -0.453 e. The van der Waals surface area contributed by atoms with Gasteiger partial charge in [0.2, 0.25) is 5.91 Å². The van der Waals surface area contributed by atoms with Gasteiger partial charge in [0.25, 0.3) is 0 Å². The van der Waals surface area contributed by atoms with Crippen molar-refractivity contribution in [2.45, 2.75) is 75.0 Å². The van der Waals surface area contributed by atoms with Crippen LogP contribution in [0.15, 0.2) is 42.5 Å². The van der Waals surface area contributed by atoms with Gasteiger partial charge in [0.1, 0.15) is 11.9 Å². The van der Waals surface area contributed by atoms with Crippen LogP contribution in [-0.4, -0.2) is 101 Å². The van der Waals surface area contributed by atoms with E-state index in [0.717, 1.165) is 37.9 Å². The minimum absolute atomic E-state index is 0.0296. The first-order valence-corrected chi connectivity index (χ1v) is 18.1. The molecular weight excluding hydrogens is 647 g/mol. The standard InChI is InChI=1S/C34H46ClFN4O6S/c1-39(34(42)45-2)32(31(22-6-4-17-46-18-16-22)23-10-12-24(35)13-11-23)33(41)38-28-9-3-8-27(36)26(28)14-15-29-30-21-40(30)25(20-37-29)7-5-19-47(43)44/h3,8-13,22,25,29-32,37H,4-7,14-21H2,1-2H3,(H,38,41)(H,43,44). The Kier molecular flexibility index (Phi) is 12.7. The molecule has 258 valence electrons. The molecule has 3 aliphatic heterocycles. The van der Waals surface area contributed by atoms with Gasteiger partial charge >= 0.3 is 6.09 Å². The summed E-state index contributed by atoms with van der Waals surface area (Å²) in [6.45, 7) is 2.92. The van der Waals surface area contributed by atoms with Gasteiger partial charge in [-0.3, -0.25) is 14.6 Å². The van der Waals surface area contributed by atoms with E-state index in [1.165, 1.54) is 18.1 Å². The Morgan fingerprint density at radius 3 is 2.74 bits per heavy atom. The Bertz CT molecular complexity index is 1400. The van der Waals surface area contributed by atoms with E-state index in [1.807, 2.05) is 12.1 Å². The van der Waals surface area contributed by atoms with E-state index in [1.54, 1.807) is 31.3 Å². The molecule has 3 heterocycles. The zero-order valence-electron chi connectivity index (χ0n) is 27.0. The molecule has 3 aliphatic rings. The second-order valence-corrected chi connectivity index (χ2v) is 14.3. The number of rotatable bonds is 13. The number of fused-ring (bicyclic) bond motifs is 1. The van der Waals surface area contributed by atoms with Crippen LogP contribution >= 0.6 is 11.6 Å². The number of carbonyl (C=O) groups is 2. The smallest absolute Gasteiger partial charge is 0.409 e. The largest absolute Gasteiger partial charge is 0.453 e. The van der Waals surface area contributed by atoms with Crippen LogP contribution in [0.2, 0.25) is 5.02 Å². The van der Waals surface area contributed by atoms with Crippen LogP contribution in [0.3, 0.4) is 0 Å². The number of benzene rings is 2. The molecule has 10 nitrogen and oxygen atoms in total. The molecule has 5 rings (SSSR count). The zero-order valence-corrected chi connectivity index (χ0v) is 28.6. The number of anilines is 1. The van der Waals surface area contributed by atoms with Crippen LogP contribution in [0.4, 0.5) is 14.9 Å².